The van der Waals surface area contributed by atoms with Gasteiger partial charge in [-0.1, -0.05) is 32.0 Å². The fourth-order valence-electron chi connectivity index (χ4n) is 1.69. The van der Waals surface area contributed by atoms with Crippen molar-refractivity contribution in [2.75, 3.05) is 6.54 Å². The molecule has 0 spiro atoms. The molecular formula is C15H18ClN3O. The van der Waals surface area contributed by atoms with Crippen LogP contribution in [0.4, 0.5) is 0 Å². The van der Waals surface area contributed by atoms with Crippen LogP contribution in [-0.4, -0.2) is 27.6 Å². The first kappa shape index (κ1) is 14.6. The molecule has 1 N–H and O–H groups in total. The minimum atomic E-state index is -0.154. The molecule has 1 unspecified atom stereocenters. The third-order valence-corrected chi connectivity index (χ3v) is 3.70. The molecule has 0 bridgehead atoms. The summed E-state index contributed by atoms with van der Waals surface area (Å²) in [6.07, 6.45) is 3.27. The monoisotopic (exact) mass is 291 g/mol. The summed E-state index contributed by atoms with van der Waals surface area (Å²) in [5.74, 6) is 0.169. The predicted octanol–water partition coefficient (Wildman–Crippen LogP) is 2.87. The van der Waals surface area contributed by atoms with E-state index < -0.39 is 0 Å². The SMILES string of the molecule is CC(C)C(Cl)CNC(=O)c1cnn(-c2ccccc2)c1. The van der Waals surface area contributed by atoms with Crippen LogP contribution in [0, 0.1) is 5.92 Å². The van der Waals surface area contributed by atoms with E-state index in [9.17, 15) is 4.79 Å². The molecule has 0 fully saturated rings. The van der Waals surface area contributed by atoms with Crippen molar-refractivity contribution >= 4 is 17.5 Å². The first-order valence-electron chi connectivity index (χ1n) is 6.60. The molecule has 0 aliphatic rings. The Morgan fingerprint density at radius 3 is 2.70 bits per heavy atom. The number of hydrogen-bond donors (Lipinski definition) is 1. The fraction of sp³-hybridized carbons (Fsp3) is 0.333. The van der Waals surface area contributed by atoms with Crippen molar-refractivity contribution < 1.29 is 4.79 Å². The van der Waals surface area contributed by atoms with Gasteiger partial charge in [0, 0.05) is 12.7 Å². The maximum Gasteiger partial charge on any atom is 0.254 e. The topological polar surface area (TPSA) is 46.9 Å². The van der Waals surface area contributed by atoms with Gasteiger partial charge in [-0.25, -0.2) is 4.68 Å². The summed E-state index contributed by atoms with van der Waals surface area (Å²) in [6, 6.07) is 9.66. The summed E-state index contributed by atoms with van der Waals surface area (Å²) < 4.78 is 1.68. The lowest BCUT2D eigenvalue weighted by molar-refractivity contribution is 0.0952. The zero-order valence-electron chi connectivity index (χ0n) is 11.6. The van der Waals surface area contributed by atoms with Gasteiger partial charge in [0.05, 0.1) is 22.8 Å². The highest BCUT2D eigenvalue weighted by molar-refractivity contribution is 6.21. The molecule has 4 nitrogen and oxygen atoms in total. The van der Waals surface area contributed by atoms with E-state index in [-0.39, 0.29) is 11.3 Å². The summed E-state index contributed by atoms with van der Waals surface area (Å²) in [6.45, 7) is 4.50. The number of aromatic nitrogens is 2. The Balaban J connectivity index is 2.00. The molecule has 20 heavy (non-hydrogen) atoms. The Labute approximate surface area is 123 Å². The van der Waals surface area contributed by atoms with E-state index in [1.54, 1.807) is 17.1 Å². The first-order chi connectivity index (χ1) is 9.58. The quantitative estimate of drug-likeness (QED) is 0.861. The van der Waals surface area contributed by atoms with Crippen LogP contribution in [-0.2, 0) is 0 Å². The minimum absolute atomic E-state index is 0.0666. The molecule has 0 saturated heterocycles. The lowest BCUT2D eigenvalue weighted by Crippen LogP contribution is -2.31. The van der Waals surface area contributed by atoms with Gasteiger partial charge < -0.3 is 5.32 Å². The lowest BCUT2D eigenvalue weighted by atomic mass is 10.1. The van der Waals surface area contributed by atoms with Gasteiger partial charge in [0.1, 0.15) is 0 Å². The Hall–Kier alpha value is -1.81. The molecule has 1 atom stereocenters. The minimum Gasteiger partial charge on any atom is -0.350 e. The highest BCUT2D eigenvalue weighted by Gasteiger charge is 2.13. The third kappa shape index (κ3) is 3.61. The van der Waals surface area contributed by atoms with E-state index in [0.29, 0.717) is 18.0 Å². The van der Waals surface area contributed by atoms with E-state index in [2.05, 4.69) is 10.4 Å². The Morgan fingerprint density at radius 1 is 1.35 bits per heavy atom. The summed E-state index contributed by atoms with van der Waals surface area (Å²) in [4.78, 5) is 12.0. The molecule has 5 heteroatoms. The van der Waals surface area contributed by atoms with Crippen LogP contribution in [0.1, 0.15) is 24.2 Å². The maximum absolute atomic E-state index is 12.0. The van der Waals surface area contributed by atoms with Crippen LogP contribution in [0.5, 0.6) is 0 Å². The normalized spacial score (nSPS) is 12.4. The van der Waals surface area contributed by atoms with E-state index in [0.717, 1.165) is 5.69 Å². The number of alkyl halides is 1. The van der Waals surface area contributed by atoms with Crippen LogP contribution in [0.3, 0.4) is 0 Å². The standard InChI is InChI=1S/C15H18ClN3O/c1-11(2)14(16)9-17-15(20)12-8-18-19(10-12)13-6-4-3-5-7-13/h3-8,10-11,14H,9H2,1-2H3,(H,17,20). The van der Waals surface area contributed by atoms with Crippen LogP contribution in [0.2, 0.25) is 0 Å². The van der Waals surface area contributed by atoms with Gasteiger partial charge in [-0.2, -0.15) is 5.10 Å². The molecule has 1 aromatic carbocycles. The van der Waals surface area contributed by atoms with Crippen molar-refractivity contribution in [3.05, 3.63) is 48.3 Å². The molecule has 1 aromatic heterocycles. The van der Waals surface area contributed by atoms with Gasteiger partial charge >= 0.3 is 0 Å². The van der Waals surface area contributed by atoms with Crippen molar-refractivity contribution in [1.29, 1.82) is 0 Å². The first-order valence-corrected chi connectivity index (χ1v) is 7.04. The molecule has 0 radical (unpaired) electrons. The van der Waals surface area contributed by atoms with E-state index >= 15 is 0 Å². The summed E-state index contributed by atoms with van der Waals surface area (Å²) >= 11 is 6.11. The molecule has 2 rings (SSSR count). The number of halogens is 1. The van der Waals surface area contributed by atoms with Gasteiger partial charge in [-0.3, -0.25) is 4.79 Å². The average Bonchev–Trinajstić information content (AvgIpc) is 2.95. The summed E-state index contributed by atoms with van der Waals surface area (Å²) in [7, 11) is 0. The van der Waals surface area contributed by atoms with Crippen LogP contribution < -0.4 is 5.32 Å². The zero-order valence-corrected chi connectivity index (χ0v) is 12.3. The molecule has 106 valence electrons. The zero-order chi connectivity index (χ0) is 14.5. The fourth-order valence-corrected chi connectivity index (χ4v) is 1.77. The summed E-state index contributed by atoms with van der Waals surface area (Å²) in [5.41, 5.74) is 1.45. The van der Waals surface area contributed by atoms with E-state index in [4.69, 9.17) is 11.6 Å². The number of carbonyl (C=O) groups is 1. The molecule has 1 amide bonds. The van der Waals surface area contributed by atoms with Crippen LogP contribution in [0.25, 0.3) is 5.69 Å². The second kappa shape index (κ2) is 6.57. The van der Waals surface area contributed by atoms with E-state index in [1.807, 2.05) is 44.2 Å². The highest BCUT2D eigenvalue weighted by Crippen LogP contribution is 2.09. The van der Waals surface area contributed by atoms with Crippen molar-refractivity contribution in [2.24, 2.45) is 5.92 Å². The number of carbonyl (C=O) groups excluding carboxylic acids is 1. The van der Waals surface area contributed by atoms with Gasteiger partial charge in [-0.15, -0.1) is 11.6 Å². The van der Waals surface area contributed by atoms with Crippen molar-refractivity contribution in [1.82, 2.24) is 15.1 Å². The molecule has 0 aliphatic carbocycles. The Bertz CT molecular complexity index is 566. The third-order valence-electron chi connectivity index (χ3n) is 3.05. The van der Waals surface area contributed by atoms with E-state index in [1.165, 1.54) is 0 Å². The smallest absolute Gasteiger partial charge is 0.254 e. The van der Waals surface area contributed by atoms with Gasteiger partial charge in [0.15, 0.2) is 0 Å². The van der Waals surface area contributed by atoms with Gasteiger partial charge in [0.25, 0.3) is 5.91 Å². The van der Waals surface area contributed by atoms with Crippen LogP contribution >= 0.6 is 11.6 Å². The van der Waals surface area contributed by atoms with Crippen molar-refractivity contribution in [2.45, 2.75) is 19.2 Å². The molecular weight excluding hydrogens is 274 g/mol. The lowest BCUT2D eigenvalue weighted by Gasteiger charge is -2.13. The predicted molar refractivity (Wildman–Crippen MR) is 80.4 cm³/mol. The number of para-hydroxylation sites is 1. The average molecular weight is 292 g/mol. The maximum atomic E-state index is 12.0. The van der Waals surface area contributed by atoms with Crippen molar-refractivity contribution in [3.63, 3.8) is 0 Å². The van der Waals surface area contributed by atoms with Crippen LogP contribution in [0.15, 0.2) is 42.7 Å². The number of amides is 1. The molecule has 0 aliphatic heterocycles. The van der Waals surface area contributed by atoms with Gasteiger partial charge in [-0.05, 0) is 18.1 Å². The summed E-state index contributed by atoms with van der Waals surface area (Å²) in [5, 5.41) is 6.95. The van der Waals surface area contributed by atoms with Gasteiger partial charge in [0.2, 0.25) is 0 Å². The molecule has 0 saturated carbocycles. The number of hydrogen-bond acceptors (Lipinski definition) is 2. The number of rotatable bonds is 5. The Morgan fingerprint density at radius 2 is 2.05 bits per heavy atom. The highest BCUT2D eigenvalue weighted by atomic mass is 35.5. The number of nitrogens with zero attached hydrogens (tertiary/aromatic N) is 2. The molecule has 1 heterocycles. The number of benzene rings is 1. The molecule has 2 aromatic rings. The number of nitrogens with one attached hydrogen (secondary N) is 1. The Kier molecular flexibility index (Phi) is 4.79. The second-order valence-corrected chi connectivity index (χ2v) is 5.54. The largest absolute Gasteiger partial charge is 0.350 e. The van der Waals surface area contributed by atoms with Crippen molar-refractivity contribution in [3.8, 4) is 5.69 Å². The second-order valence-electron chi connectivity index (χ2n) is 4.98.